The minimum atomic E-state index is -0.564. The van der Waals surface area contributed by atoms with E-state index in [-0.39, 0.29) is 18.0 Å². The fraction of sp³-hybridized carbons (Fsp3) is 0.250. The van der Waals surface area contributed by atoms with Gasteiger partial charge in [-0.25, -0.2) is 9.82 Å². The van der Waals surface area contributed by atoms with Crippen LogP contribution in [0.15, 0.2) is 53.6 Å². The standard InChI is InChI=1S/C20H22FN3O3/c1-20(2,12-14-5-9-17(25)10-6-14)23-18(26)11-19(27)24-22-13-15-3-7-16(21)8-4-15/h3-10,13,25H,11-12H2,1-2H3,(H,23,26)(H,24,27). The van der Waals surface area contributed by atoms with Crippen LogP contribution in [0.1, 0.15) is 31.4 Å². The van der Waals surface area contributed by atoms with Gasteiger partial charge in [-0.05, 0) is 55.7 Å². The van der Waals surface area contributed by atoms with E-state index in [1.54, 1.807) is 24.3 Å². The number of phenolic OH excluding ortho intramolecular Hbond substituents is 1. The zero-order chi connectivity index (χ0) is 19.9. The highest BCUT2D eigenvalue weighted by Gasteiger charge is 2.22. The Morgan fingerprint density at radius 2 is 1.70 bits per heavy atom. The maximum atomic E-state index is 12.8. The number of carbonyl (C=O) groups excluding carboxylic acids is 2. The van der Waals surface area contributed by atoms with Gasteiger partial charge in [-0.1, -0.05) is 24.3 Å². The third-order valence-corrected chi connectivity index (χ3v) is 3.65. The second-order valence-corrected chi connectivity index (χ2v) is 6.80. The van der Waals surface area contributed by atoms with Gasteiger partial charge < -0.3 is 10.4 Å². The van der Waals surface area contributed by atoms with Gasteiger partial charge in [-0.3, -0.25) is 9.59 Å². The Kier molecular flexibility index (Phi) is 6.65. The molecule has 2 aromatic carbocycles. The Labute approximate surface area is 157 Å². The first-order valence-corrected chi connectivity index (χ1v) is 8.40. The number of rotatable bonds is 7. The number of benzene rings is 2. The number of phenols is 1. The van der Waals surface area contributed by atoms with Crippen molar-refractivity contribution in [3.63, 3.8) is 0 Å². The Hall–Kier alpha value is -3.22. The van der Waals surface area contributed by atoms with Crippen LogP contribution >= 0.6 is 0 Å². The number of carbonyl (C=O) groups is 2. The first kappa shape index (κ1) is 20.1. The predicted molar refractivity (Wildman–Crippen MR) is 101 cm³/mol. The van der Waals surface area contributed by atoms with Gasteiger partial charge >= 0.3 is 0 Å². The number of hydrazone groups is 1. The van der Waals surface area contributed by atoms with Crippen LogP contribution in [0, 0.1) is 5.82 Å². The molecular weight excluding hydrogens is 349 g/mol. The molecule has 0 aromatic heterocycles. The van der Waals surface area contributed by atoms with Crippen molar-refractivity contribution in [3.8, 4) is 5.75 Å². The van der Waals surface area contributed by atoms with Crippen LogP contribution in [0.5, 0.6) is 5.75 Å². The molecule has 7 heteroatoms. The summed E-state index contributed by atoms with van der Waals surface area (Å²) in [4.78, 5) is 23.9. The van der Waals surface area contributed by atoms with Crippen molar-refractivity contribution in [3.05, 3.63) is 65.5 Å². The second kappa shape index (κ2) is 8.93. The normalized spacial score (nSPS) is 11.4. The highest BCUT2D eigenvalue weighted by molar-refractivity contribution is 5.97. The molecule has 27 heavy (non-hydrogen) atoms. The highest BCUT2D eigenvalue weighted by atomic mass is 19.1. The zero-order valence-electron chi connectivity index (χ0n) is 15.2. The third kappa shape index (κ3) is 7.27. The minimum Gasteiger partial charge on any atom is -0.508 e. The molecule has 6 nitrogen and oxygen atoms in total. The lowest BCUT2D eigenvalue weighted by atomic mass is 9.94. The fourth-order valence-corrected chi connectivity index (χ4v) is 2.50. The van der Waals surface area contributed by atoms with Gasteiger partial charge in [0, 0.05) is 5.54 Å². The lowest BCUT2D eigenvalue weighted by Gasteiger charge is -2.26. The van der Waals surface area contributed by atoms with Crippen molar-refractivity contribution < 1.29 is 19.1 Å². The molecule has 0 unspecified atom stereocenters. The molecular formula is C20H22FN3O3. The number of amides is 2. The number of nitrogens with zero attached hydrogens (tertiary/aromatic N) is 1. The molecule has 0 heterocycles. The van der Waals surface area contributed by atoms with Crippen molar-refractivity contribution in [2.24, 2.45) is 5.10 Å². The highest BCUT2D eigenvalue weighted by Crippen LogP contribution is 2.16. The molecule has 0 saturated carbocycles. The van der Waals surface area contributed by atoms with Crippen LogP contribution in [-0.2, 0) is 16.0 Å². The molecule has 2 aromatic rings. The molecule has 0 bridgehead atoms. The molecule has 2 amide bonds. The molecule has 2 rings (SSSR count). The van der Waals surface area contributed by atoms with Gasteiger partial charge in [-0.2, -0.15) is 5.10 Å². The van der Waals surface area contributed by atoms with Crippen LogP contribution in [0.25, 0.3) is 0 Å². The van der Waals surface area contributed by atoms with Crippen molar-refractivity contribution in [1.29, 1.82) is 0 Å². The summed E-state index contributed by atoms with van der Waals surface area (Å²) in [6, 6.07) is 12.3. The molecule has 0 radical (unpaired) electrons. The smallest absolute Gasteiger partial charge is 0.249 e. The summed E-state index contributed by atoms with van der Waals surface area (Å²) in [5.41, 5.74) is 3.27. The average Bonchev–Trinajstić information content (AvgIpc) is 2.58. The van der Waals surface area contributed by atoms with E-state index in [9.17, 15) is 19.1 Å². The van der Waals surface area contributed by atoms with Gasteiger partial charge in [0.25, 0.3) is 0 Å². The molecule has 0 aliphatic rings. The molecule has 0 atom stereocenters. The van der Waals surface area contributed by atoms with E-state index in [2.05, 4.69) is 15.8 Å². The van der Waals surface area contributed by atoms with Crippen LogP contribution < -0.4 is 10.7 Å². The molecule has 0 aliphatic heterocycles. The van der Waals surface area contributed by atoms with E-state index in [0.29, 0.717) is 12.0 Å². The minimum absolute atomic E-state index is 0.179. The summed E-state index contributed by atoms with van der Waals surface area (Å²) in [5, 5.41) is 15.9. The molecule has 0 saturated heterocycles. The van der Waals surface area contributed by atoms with E-state index < -0.39 is 17.4 Å². The largest absolute Gasteiger partial charge is 0.508 e. The summed E-state index contributed by atoms with van der Waals surface area (Å²) in [5.74, 6) is -1.15. The Morgan fingerprint density at radius 3 is 2.33 bits per heavy atom. The summed E-state index contributed by atoms with van der Waals surface area (Å²) in [6.45, 7) is 3.70. The molecule has 0 fully saturated rings. The third-order valence-electron chi connectivity index (χ3n) is 3.65. The summed E-state index contributed by atoms with van der Waals surface area (Å²) >= 11 is 0. The van der Waals surface area contributed by atoms with Crippen LogP contribution in [-0.4, -0.2) is 28.7 Å². The fourth-order valence-electron chi connectivity index (χ4n) is 2.50. The maximum absolute atomic E-state index is 12.8. The number of halogens is 1. The topological polar surface area (TPSA) is 90.8 Å². The Bertz CT molecular complexity index is 815. The van der Waals surface area contributed by atoms with Crippen LogP contribution in [0.4, 0.5) is 4.39 Å². The molecule has 0 aliphatic carbocycles. The molecule has 0 spiro atoms. The van der Waals surface area contributed by atoms with Gasteiger partial charge in [0.1, 0.15) is 18.0 Å². The van der Waals surface area contributed by atoms with Crippen LogP contribution in [0.2, 0.25) is 0 Å². The van der Waals surface area contributed by atoms with E-state index in [1.807, 2.05) is 13.8 Å². The van der Waals surface area contributed by atoms with Crippen molar-refractivity contribution in [2.75, 3.05) is 0 Å². The molecule has 3 N–H and O–H groups in total. The van der Waals surface area contributed by atoms with Crippen molar-refractivity contribution >= 4 is 18.0 Å². The first-order chi connectivity index (χ1) is 12.7. The number of hydrogen-bond donors (Lipinski definition) is 3. The number of hydrogen-bond acceptors (Lipinski definition) is 4. The quantitative estimate of drug-likeness (QED) is 0.397. The second-order valence-electron chi connectivity index (χ2n) is 6.80. The summed E-state index contributed by atoms with van der Waals surface area (Å²) in [6.07, 6.45) is 1.55. The van der Waals surface area contributed by atoms with Crippen LogP contribution in [0.3, 0.4) is 0 Å². The van der Waals surface area contributed by atoms with Gasteiger partial charge in [0.2, 0.25) is 11.8 Å². The first-order valence-electron chi connectivity index (χ1n) is 8.40. The number of nitrogens with one attached hydrogen (secondary N) is 2. The predicted octanol–water partition coefficient (Wildman–Crippen LogP) is 2.51. The van der Waals surface area contributed by atoms with Crippen molar-refractivity contribution in [1.82, 2.24) is 10.7 Å². The van der Waals surface area contributed by atoms with E-state index >= 15 is 0 Å². The van der Waals surface area contributed by atoms with E-state index in [1.165, 1.54) is 30.5 Å². The van der Waals surface area contributed by atoms with Gasteiger partial charge in [-0.15, -0.1) is 0 Å². The number of aromatic hydroxyl groups is 1. The molecule has 142 valence electrons. The Morgan fingerprint density at radius 1 is 1.07 bits per heavy atom. The Balaban J connectivity index is 1.80. The van der Waals surface area contributed by atoms with Gasteiger partial charge in [0.05, 0.1) is 6.21 Å². The lowest BCUT2D eigenvalue weighted by Crippen LogP contribution is -2.46. The zero-order valence-corrected chi connectivity index (χ0v) is 15.2. The summed E-state index contributed by atoms with van der Waals surface area (Å²) < 4.78 is 12.8. The van der Waals surface area contributed by atoms with E-state index in [0.717, 1.165) is 5.56 Å². The van der Waals surface area contributed by atoms with E-state index in [4.69, 9.17) is 0 Å². The SMILES string of the molecule is CC(C)(Cc1ccc(O)cc1)NC(=O)CC(=O)NN=Cc1ccc(F)cc1. The maximum Gasteiger partial charge on any atom is 0.249 e. The monoisotopic (exact) mass is 371 g/mol. The van der Waals surface area contributed by atoms with Crippen molar-refractivity contribution in [2.45, 2.75) is 32.2 Å². The van der Waals surface area contributed by atoms with Gasteiger partial charge in [0.15, 0.2) is 0 Å². The average molecular weight is 371 g/mol. The summed E-state index contributed by atoms with van der Waals surface area (Å²) in [7, 11) is 0. The lowest BCUT2D eigenvalue weighted by molar-refractivity contribution is -0.130.